The number of aromatic nitrogens is 3. The van der Waals surface area contributed by atoms with E-state index in [0.29, 0.717) is 78.9 Å². The number of aliphatic hydroxyl groups is 1. The molecule has 1 saturated heterocycles. The van der Waals surface area contributed by atoms with Gasteiger partial charge < -0.3 is 19.9 Å². The summed E-state index contributed by atoms with van der Waals surface area (Å²) in [7, 11) is 1.69. The minimum absolute atomic E-state index is 0.00328. The third-order valence-corrected chi connectivity index (χ3v) is 7.56. The summed E-state index contributed by atoms with van der Waals surface area (Å²) in [6, 6.07) is 6.41. The van der Waals surface area contributed by atoms with E-state index in [1.165, 1.54) is 17.0 Å². The second-order valence-electron chi connectivity index (χ2n) is 9.94. The number of piperidine rings is 1. The van der Waals surface area contributed by atoms with Crippen molar-refractivity contribution in [1.29, 1.82) is 0 Å². The number of likely N-dealkylation sites (tertiary alicyclic amines) is 1. The fourth-order valence-corrected chi connectivity index (χ4v) is 5.08. The summed E-state index contributed by atoms with van der Waals surface area (Å²) in [6.07, 6.45) is 5.26. The molecule has 2 amide bonds. The van der Waals surface area contributed by atoms with Crippen LogP contribution >= 0.6 is 23.2 Å². The molecule has 3 aromatic rings. The van der Waals surface area contributed by atoms with Crippen LogP contribution < -0.4 is 10.9 Å². The van der Waals surface area contributed by atoms with Crippen LogP contribution in [-0.4, -0.2) is 72.8 Å². The fourth-order valence-electron chi connectivity index (χ4n) is 4.76. The van der Waals surface area contributed by atoms with Crippen molar-refractivity contribution in [3.63, 3.8) is 0 Å². The first-order valence-electron chi connectivity index (χ1n) is 12.8. The molecule has 1 aliphatic heterocycles. The maximum Gasteiger partial charge on any atom is 0.267 e. The topological polar surface area (TPSA) is 127 Å². The standard InChI is InChI=1S/C27H31Cl2N5O5/c1-32-15-18(23(35)14-28)12-22(32)25(37)30-9-3-2-4-24(36)33-10-7-27(39,8-11-33)16-34-17-31-21-13-19(29)5-6-20(21)26(34)38/h5-6,12-13,15,17,39H,2-4,7-11,14,16H2,1H3,(H,30,37). The molecule has 0 aliphatic carbocycles. The smallest absolute Gasteiger partial charge is 0.267 e. The molecule has 3 heterocycles. The lowest BCUT2D eigenvalue weighted by atomic mass is 9.91. The fraction of sp³-hybridized carbons (Fsp3) is 0.444. The van der Waals surface area contributed by atoms with Crippen LogP contribution in [0.5, 0.6) is 0 Å². The van der Waals surface area contributed by atoms with E-state index in [1.54, 1.807) is 40.9 Å². The number of rotatable bonds is 10. The van der Waals surface area contributed by atoms with Crippen LogP contribution in [0, 0.1) is 0 Å². The number of carbonyl (C=O) groups excluding carboxylic acids is 3. The number of nitrogens with one attached hydrogen (secondary N) is 1. The molecule has 0 bridgehead atoms. The third kappa shape index (κ3) is 6.87. The summed E-state index contributed by atoms with van der Waals surface area (Å²) < 4.78 is 2.99. The van der Waals surface area contributed by atoms with Gasteiger partial charge in [0.25, 0.3) is 11.5 Å². The minimum Gasteiger partial charge on any atom is -0.388 e. The molecule has 0 radical (unpaired) electrons. The Kier molecular flexibility index (Phi) is 9.09. The highest BCUT2D eigenvalue weighted by Gasteiger charge is 2.34. The number of aryl methyl sites for hydroxylation is 1. The average Bonchev–Trinajstić information content (AvgIpc) is 3.31. The normalized spacial score (nSPS) is 14.9. The Bertz CT molecular complexity index is 1440. The lowest BCUT2D eigenvalue weighted by Gasteiger charge is -2.38. The van der Waals surface area contributed by atoms with Crippen molar-refractivity contribution in [2.75, 3.05) is 25.5 Å². The monoisotopic (exact) mass is 575 g/mol. The molecule has 0 spiro atoms. The average molecular weight is 576 g/mol. The number of hydrogen-bond acceptors (Lipinski definition) is 6. The molecule has 2 aromatic heterocycles. The van der Waals surface area contributed by atoms with Crippen molar-refractivity contribution in [3.05, 3.63) is 63.4 Å². The lowest BCUT2D eigenvalue weighted by Crippen LogP contribution is -2.49. The van der Waals surface area contributed by atoms with Crippen LogP contribution in [0.2, 0.25) is 5.02 Å². The zero-order valence-corrected chi connectivity index (χ0v) is 23.2. The Morgan fingerprint density at radius 1 is 1.15 bits per heavy atom. The first kappa shape index (κ1) is 28.8. The summed E-state index contributed by atoms with van der Waals surface area (Å²) in [5.74, 6) is -0.687. The van der Waals surface area contributed by atoms with Crippen LogP contribution in [-0.2, 0) is 18.4 Å². The van der Waals surface area contributed by atoms with Gasteiger partial charge in [-0.25, -0.2) is 4.98 Å². The number of halogens is 2. The Balaban J connectivity index is 1.20. The Morgan fingerprint density at radius 3 is 2.62 bits per heavy atom. The van der Waals surface area contributed by atoms with E-state index >= 15 is 0 Å². The molecule has 1 aromatic carbocycles. The van der Waals surface area contributed by atoms with Gasteiger partial charge in [-0.05, 0) is 49.9 Å². The number of unbranched alkanes of at least 4 members (excludes halogenated alkanes) is 1. The van der Waals surface area contributed by atoms with Gasteiger partial charge in [0.05, 0.1) is 35.3 Å². The van der Waals surface area contributed by atoms with E-state index < -0.39 is 5.60 Å². The summed E-state index contributed by atoms with van der Waals surface area (Å²) in [5, 5.41) is 14.9. The van der Waals surface area contributed by atoms with Crippen molar-refractivity contribution >= 4 is 51.7 Å². The molecule has 10 nitrogen and oxygen atoms in total. The molecular formula is C27H31Cl2N5O5. The molecule has 208 valence electrons. The maximum absolute atomic E-state index is 12.8. The van der Waals surface area contributed by atoms with Gasteiger partial charge in [-0.2, -0.15) is 0 Å². The zero-order valence-electron chi connectivity index (χ0n) is 21.7. The number of nitrogens with zero attached hydrogens (tertiary/aromatic N) is 4. The molecule has 39 heavy (non-hydrogen) atoms. The number of hydrogen-bond donors (Lipinski definition) is 2. The molecule has 0 atom stereocenters. The number of Topliss-reactive ketones (excluding diaryl/α,β-unsaturated/α-hetero) is 1. The van der Waals surface area contributed by atoms with Gasteiger partial charge >= 0.3 is 0 Å². The maximum atomic E-state index is 12.8. The van der Waals surface area contributed by atoms with E-state index in [0.717, 1.165) is 0 Å². The highest BCUT2D eigenvalue weighted by molar-refractivity contribution is 6.31. The highest BCUT2D eigenvalue weighted by Crippen LogP contribution is 2.25. The molecule has 0 unspecified atom stereocenters. The predicted octanol–water partition coefficient (Wildman–Crippen LogP) is 2.76. The van der Waals surface area contributed by atoms with Gasteiger partial charge in [-0.1, -0.05) is 11.6 Å². The Labute approximate surface area is 235 Å². The van der Waals surface area contributed by atoms with E-state index in [4.69, 9.17) is 23.2 Å². The number of fused-ring (bicyclic) bond motifs is 1. The predicted molar refractivity (Wildman–Crippen MR) is 148 cm³/mol. The minimum atomic E-state index is -1.11. The number of amides is 2. The molecule has 4 rings (SSSR count). The number of ketones is 1. The van der Waals surface area contributed by atoms with Gasteiger partial charge in [0.2, 0.25) is 5.91 Å². The number of benzene rings is 1. The van der Waals surface area contributed by atoms with Crippen molar-refractivity contribution in [3.8, 4) is 0 Å². The summed E-state index contributed by atoms with van der Waals surface area (Å²) in [6.45, 7) is 1.29. The lowest BCUT2D eigenvalue weighted by molar-refractivity contribution is -0.136. The van der Waals surface area contributed by atoms with Crippen LogP contribution in [0.4, 0.5) is 0 Å². The second-order valence-corrected chi connectivity index (χ2v) is 10.6. The number of alkyl halides is 1. The molecule has 1 fully saturated rings. The first-order valence-corrected chi connectivity index (χ1v) is 13.7. The van der Waals surface area contributed by atoms with Crippen molar-refractivity contribution < 1.29 is 19.5 Å². The van der Waals surface area contributed by atoms with E-state index in [9.17, 15) is 24.3 Å². The van der Waals surface area contributed by atoms with Crippen molar-refractivity contribution in [2.24, 2.45) is 7.05 Å². The summed E-state index contributed by atoms with van der Waals surface area (Å²) in [4.78, 5) is 55.7. The van der Waals surface area contributed by atoms with Crippen LogP contribution in [0.25, 0.3) is 10.9 Å². The summed E-state index contributed by atoms with van der Waals surface area (Å²) >= 11 is 11.6. The molecule has 1 aliphatic rings. The Morgan fingerprint density at radius 2 is 1.90 bits per heavy atom. The Hall–Kier alpha value is -3.21. The molecule has 2 N–H and O–H groups in total. The van der Waals surface area contributed by atoms with Gasteiger partial charge in [0.1, 0.15) is 5.69 Å². The quantitative estimate of drug-likeness (QED) is 0.217. The van der Waals surface area contributed by atoms with E-state index in [2.05, 4.69) is 10.3 Å². The van der Waals surface area contributed by atoms with E-state index in [-0.39, 0.29) is 35.6 Å². The number of carbonyl (C=O) groups is 3. The second kappa shape index (κ2) is 12.3. The SMILES string of the molecule is Cn1cc(C(=O)CCl)cc1C(=O)NCCCCC(=O)N1CCC(O)(Cn2cnc3cc(Cl)ccc3c2=O)CC1. The summed E-state index contributed by atoms with van der Waals surface area (Å²) in [5.41, 5.74) is -0.0946. The van der Waals surface area contributed by atoms with Gasteiger partial charge in [0, 0.05) is 49.9 Å². The van der Waals surface area contributed by atoms with Gasteiger partial charge in [0.15, 0.2) is 5.78 Å². The third-order valence-electron chi connectivity index (χ3n) is 7.08. The van der Waals surface area contributed by atoms with Crippen molar-refractivity contribution in [1.82, 2.24) is 24.3 Å². The molecule has 0 saturated carbocycles. The van der Waals surface area contributed by atoms with Crippen LogP contribution in [0.1, 0.15) is 53.0 Å². The van der Waals surface area contributed by atoms with Crippen molar-refractivity contribution in [2.45, 2.75) is 44.2 Å². The van der Waals surface area contributed by atoms with Gasteiger partial charge in [-0.3, -0.25) is 23.7 Å². The van der Waals surface area contributed by atoms with Crippen LogP contribution in [0.15, 0.2) is 41.6 Å². The van der Waals surface area contributed by atoms with E-state index in [1.807, 2.05) is 0 Å². The van der Waals surface area contributed by atoms with Gasteiger partial charge in [-0.15, -0.1) is 11.6 Å². The molecule has 12 heteroatoms. The van der Waals surface area contributed by atoms with Crippen LogP contribution in [0.3, 0.4) is 0 Å². The first-order chi connectivity index (χ1) is 18.6. The zero-order chi connectivity index (χ0) is 28.2. The molecular weight excluding hydrogens is 545 g/mol. The largest absolute Gasteiger partial charge is 0.388 e. The highest BCUT2D eigenvalue weighted by atomic mass is 35.5.